The summed E-state index contributed by atoms with van der Waals surface area (Å²) in [7, 11) is -3.99. The fraction of sp³-hybridized carbons (Fsp3) is 0.235. The topological polar surface area (TPSA) is 92.3 Å². The quantitative estimate of drug-likeness (QED) is 0.695. The van der Waals surface area contributed by atoms with E-state index in [0.29, 0.717) is 18.4 Å². The van der Waals surface area contributed by atoms with Crippen molar-refractivity contribution in [2.24, 2.45) is 0 Å². The zero-order valence-corrected chi connectivity index (χ0v) is 15.9. The smallest absolute Gasteiger partial charge is 0.246 e. The van der Waals surface area contributed by atoms with E-state index in [4.69, 9.17) is 0 Å². The third-order valence-electron chi connectivity index (χ3n) is 4.53. The number of amides is 1. The number of aromatic nitrogens is 2. The van der Waals surface area contributed by atoms with Crippen LogP contribution in [0.5, 0.6) is 0 Å². The summed E-state index contributed by atoms with van der Waals surface area (Å²) in [5, 5.41) is 2.46. The Hall–Kier alpha value is -2.50. The molecule has 0 radical (unpaired) electrons. The van der Waals surface area contributed by atoms with Crippen LogP contribution in [0.15, 0.2) is 41.3 Å². The molecule has 0 saturated carbocycles. The molecule has 0 spiro atoms. The molecule has 0 aliphatic carbocycles. The minimum Gasteiger partial charge on any atom is -0.325 e. The highest BCUT2D eigenvalue weighted by Gasteiger charge is 2.40. The van der Waals surface area contributed by atoms with Gasteiger partial charge in [-0.05, 0) is 37.1 Å². The normalized spacial score (nSPS) is 17.9. The lowest BCUT2D eigenvalue weighted by molar-refractivity contribution is -0.119. The number of carbonyl (C=O) groups is 1. The molecule has 1 aliphatic rings. The number of carbonyl (C=O) groups excluding carboxylic acids is 1. The van der Waals surface area contributed by atoms with Crippen molar-refractivity contribution >= 4 is 44.4 Å². The van der Waals surface area contributed by atoms with Gasteiger partial charge in [-0.25, -0.2) is 17.2 Å². The Balaban J connectivity index is 1.63. The third kappa shape index (κ3) is 3.25. The molecule has 28 heavy (non-hydrogen) atoms. The number of hydrogen-bond donors (Lipinski definition) is 1. The second-order valence-corrected chi connectivity index (χ2v) is 8.67. The van der Waals surface area contributed by atoms with Crippen LogP contribution in [0, 0.1) is 11.6 Å². The van der Waals surface area contributed by atoms with Crippen molar-refractivity contribution in [3.05, 3.63) is 48.0 Å². The van der Waals surface area contributed by atoms with E-state index >= 15 is 0 Å². The van der Waals surface area contributed by atoms with E-state index in [1.54, 1.807) is 12.1 Å². The van der Waals surface area contributed by atoms with E-state index in [2.05, 4.69) is 14.1 Å². The molecule has 3 aromatic rings. The first-order valence-corrected chi connectivity index (χ1v) is 10.5. The zero-order valence-electron chi connectivity index (χ0n) is 14.3. The third-order valence-corrected chi connectivity index (χ3v) is 7.01. The van der Waals surface area contributed by atoms with Gasteiger partial charge < -0.3 is 5.32 Å². The number of nitrogens with one attached hydrogen (secondary N) is 1. The van der Waals surface area contributed by atoms with Gasteiger partial charge in [0.1, 0.15) is 22.0 Å². The van der Waals surface area contributed by atoms with E-state index in [1.165, 1.54) is 12.1 Å². The monoisotopic (exact) mass is 424 g/mol. The van der Waals surface area contributed by atoms with Crippen LogP contribution in [-0.2, 0) is 14.8 Å². The largest absolute Gasteiger partial charge is 0.325 e. The highest BCUT2D eigenvalue weighted by Crippen LogP contribution is 2.30. The number of anilines is 1. The first-order valence-electron chi connectivity index (χ1n) is 8.37. The maximum atomic E-state index is 13.4. The van der Waals surface area contributed by atoms with Crippen LogP contribution < -0.4 is 5.32 Å². The molecule has 1 amide bonds. The van der Waals surface area contributed by atoms with Gasteiger partial charge in [0.05, 0.1) is 11.7 Å². The van der Waals surface area contributed by atoms with Crippen molar-refractivity contribution in [3.63, 3.8) is 0 Å². The summed E-state index contributed by atoms with van der Waals surface area (Å²) in [6.45, 7) is 0.173. The van der Waals surface area contributed by atoms with E-state index < -0.39 is 33.6 Å². The molecule has 0 unspecified atom stereocenters. The molecule has 1 aliphatic heterocycles. The molecule has 2 heterocycles. The maximum Gasteiger partial charge on any atom is 0.246 e. The lowest BCUT2D eigenvalue weighted by Crippen LogP contribution is -2.43. The molecule has 1 saturated heterocycles. The minimum atomic E-state index is -3.99. The second kappa shape index (κ2) is 7.15. The fourth-order valence-corrected chi connectivity index (χ4v) is 5.62. The van der Waals surface area contributed by atoms with Crippen LogP contribution in [0.1, 0.15) is 12.8 Å². The predicted octanol–water partition coefficient (Wildman–Crippen LogP) is 2.76. The van der Waals surface area contributed by atoms with Crippen molar-refractivity contribution < 1.29 is 22.0 Å². The molecular formula is C17H14F2N4O3S2. The summed E-state index contributed by atoms with van der Waals surface area (Å²) in [5.41, 5.74) is 0.783. The van der Waals surface area contributed by atoms with Gasteiger partial charge in [-0.3, -0.25) is 4.79 Å². The molecule has 11 heteroatoms. The molecule has 1 atom stereocenters. The van der Waals surface area contributed by atoms with Crippen LogP contribution >= 0.6 is 11.7 Å². The Bertz CT molecular complexity index is 1170. The molecule has 1 N–H and O–H groups in total. The molecule has 7 nitrogen and oxygen atoms in total. The highest BCUT2D eigenvalue weighted by molar-refractivity contribution is 7.89. The fourth-order valence-electron chi connectivity index (χ4n) is 3.21. The Morgan fingerprint density at radius 2 is 2.00 bits per heavy atom. The Morgan fingerprint density at radius 1 is 1.18 bits per heavy atom. The first-order chi connectivity index (χ1) is 13.4. The van der Waals surface area contributed by atoms with Crippen LogP contribution in [0.4, 0.5) is 14.5 Å². The maximum absolute atomic E-state index is 13.4. The first kappa shape index (κ1) is 18.8. The van der Waals surface area contributed by atoms with E-state index in [-0.39, 0.29) is 22.6 Å². The van der Waals surface area contributed by atoms with Crippen LogP contribution in [0.3, 0.4) is 0 Å². The van der Waals surface area contributed by atoms with Crippen molar-refractivity contribution in [2.75, 3.05) is 11.9 Å². The molecule has 0 bridgehead atoms. The van der Waals surface area contributed by atoms with Crippen LogP contribution in [-0.4, -0.2) is 40.0 Å². The summed E-state index contributed by atoms with van der Waals surface area (Å²) in [5.74, 6) is -2.74. The lowest BCUT2D eigenvalue weighted by atomic mass is 10.2. The predicted molar refractivity (Wildman–Crippen MR) is 99.3 cm³/mol. The number of rotatable bonds is 4. The van der Waals surface area contributed by atoms with E-state index in [1.807, 2.05) is 0 Å². The summed E-state index contributed by atoms with van der Waals surface area (Å²) in [6, 6.07) is 6.67. The molecular weight excluding hydrogens is 410 g/mol. The Kier molecular flexibility index (Phi) is 4.81. The van der Waals surface area contributed by atoms with E-state index in [9.17, 15) is 22.0 Å². The number of hydrogen-bond acceptors (Lipinski definition) is 6. The second-order valence-electron chi connectivity index (χ2n) is 6.28. The van der Waals surface area contributed by atoms with Crippen LogP contribution in [0.2, 0.25) is 0 Å². The highest BCUT2D eigenvalue weighted by atomic mass is 32.2. The lowest BCUT2D eigenvalue weighted by Gasteiger charge is -2.23. The molecule has 1 aromatic heterocycles. The van der Waals surface area contributed by atoms with Crippen molar-refractivity contribution in [2.45, 2.75) is 23.8 Å². The van der Waals surface area contributed by atoms with Crippen molar-refractivity contribution in [1.29, 1.82) is 0 Å². The van der Waals surface area contributed by atoms with Crippen molar-refractivity contribution in [3.8, 4) is 0 Å². The summed E-state index contributed by atoms with van der Waals surface area (Å²) in [4.78, 5) is 12.6. The van der Waals surface area contributed by atoms with Crippen LogP contribution in [0.25, 0.3) is 11.0 Å². The summed E-state index contributed by atoms with van der Waals surface area (Å²) >= 11 is 0.909. The average molecular weight is 424 g/mol. The standard InChI is InChI=1S/C17H14F2N4O3S2/c18-11-7-6-10(9-12(11)19)20-17(24)14-4-2-8-23(14)28(25,26)15-5-1-3-13-16(15)22-27-21-13/h1,3,5-7,9,14H,2,4,8H2,(H,20,24)/t14-/m1/s1. The SMILES string of the molecule is O=C(Nc1ccc(F)c(F)c1)[C@H]1CCCN1S(=O)(=O)c1cccc2nsnc12. The van der Waals surface area contributed by atoms with Gasteiger partial charge >= 0.3 is 0 Å². The van der Waals surface area contributed by atoms with Gasteiger partial charge in [-0.2, -0.15) is 13.1 Å². The van der Waals surface area contributed by atoms with Gasteiger partial charge in [-0.1, -0.05) is 6.07 Å². The number of sulfonamides is 1. The summed E-state index contributed by atoms with van der Waals surface area (Å²) in [6.07, 6.45) is 0.820. The number of benzene rings is 2. The van der Waals surface area contributed by atoms with Gasteiger partial charge in [0, 0.05) is 18.3 Å². The van der Waals surface area contributed by atoms with Gasteiger partial charge in [-0.15, -0.1) is 0 Å². The number of fused-ring (bicyclic) bond motifs is 1. The summed E-state index contributed by atoms with van der Waals surface area (Å²) < 4.78 is 62.0. The van der Waals surface area contributed by atoms with Crippen molar-refractivity contribution in [1.82, 2.24) is 13.1 Å². The average Bonchev–Trinajstić information content (AvgIpc) is 3.33. The molecule has 2 aromatic carbocycles. The zero-order chi connectivity index (χ0) is 19.9. The number of nitrogens with zero attached hydrogens (tertiary/aromatic N) is 3. The molecule has 4 rings (SSSR count). The minimum absolute atomic E-state index is 0.00808. The van der Waals surface area contributed by atoms with E-state index in [0.717, 1.165) is 28.2 Å². The van der Waals surface area contributed by atoms with Gasteiger partial charge in [0.2, 0.25) is 15.9 Å². The Labute approximate surface area is 163 Å². The molecule has 146 valence electrons. The number of halogens is 2. The Morgan fingerprint density at radius 3 is 2.79 bits per heavy atom. The molecule has 1 fully saturated rings. The van der Waals surface area contributed by atoms with Gasteiger partial charge in [0.25, 0.3) is 0 Å². The van der Waals surface area contributed by atoms with Gasteiger partial charge in [0.15, 0.2) is 11.6 Å².